The van der Waals surface area contributed by atoms with Gasteiger partial charge in [0.1, 0.15) is 11.3 Å². The minimum atomic E-state index is 0.136. The summed E-state index contributed by atoms with van der Waals surface area (Å²) in [5.41, 5.74) is 9.04. The summed E-state index contributed by atoms with van der Waals surface area (Å²) in [6.07, 6.45) is 3.30. The van der Waals surface area contributed by atoms with E-state index in [2.05, 4.69) is 27.2 Å². The van der Waals surface area contributed by atoms with Crippen LogP contribution in [0.1, 0.15) is 18.5 Å². The van der Waals surface area contributed by atoms with Crippen LogP contribution in [0.25, 0.3) is 11.2 Å². The quantitative estimate of drug-likeness (QED) is 0.712. The first-order valence-electron chi connectivity index (χ1n) is 6.42. The number of nitrogens with two attached hydrogens (primary N) is 1. The topological polar surface area (TPSA) is 76.7 Å². The average Bonchev–Trinajstić information content (AvgIpc) is 2.48. The van der Waals surface area contributed by atoms with Crippen LogP contribution in [0.15, 0.2) is 48.8 Å². The molecule has 5 heteroatoms. The summed E-state index contributed by atoms with van der Waals surface area (Å²) >= 11 is 0. The molecule has 0 fully saturated rings. The van der Waals surface area contributed by atoms with Crippen molar-refractivity contribution in [3.63, 3.8) is 0 Å². The van der Waals surface area contributed by atoms with E-state index in [4.69, 9.17) is 5.73 Å². The molecular weight excluding hydrogens is 250 g/mol. The number of nitrogens with one attached hydrogen (secondary N) is 1. The molecule has 1 unspecified atom stereocenters. The molecule has 2 aromatic heterocycles. The second-order valence-electron chi connectivity index (χ2n) is 4.63. The number of rotatable bonds is 3. The molecule has 0 radical (unpaired) electrons. The van der Waals surface area contributed by atoms with Gasteiger partial charge >= 0.3 is 0 Å². The second kappa shape index (κ2) is 5.13. The van der Waals surface area contributed by atoms with Crippen molar-refractivity contribution in [1.82, 2.24) is 15.0 Å². The highest BCUT2D eigenvalue weighted by atomic mass is 15.0. The number of benzene rings is 1. The van der Waals surface area contributed by atoms with E-state index in [0.29, 0.717) is 5.65 Å². The predicted octanol–water partition coefficient (Wildman–Crippen LogP) is 2.78. The van der Waals surface area contributed by atoms with Crippen LogP contribution < -0.4 is 11.1 Å². The fraction of sp³-hybridized carbons (Fsp3) is 0.133. The Kier molecular flexibility index (Phi) is 3.16. The van der Waals surface area contributed by atoms with Crippen LogP contribution in [-0.4, -0.2) is 15.0 Å². The maximum Gasteiger partial charge on any atom is 0.180 e. The molecule has 0 aliphatic heterocycles. The number of hydrogen-bond acceptors (Lipinski definition) is 5. The molecule has 2 heterocycles. The lowest BCUT2D eigenvalue weighted by Crippen LogP contribution is -2.08. The van der Waals surface area contributed by atoms with Crippen LogP contribution in [-0.2, 0) is 0 Å². The number of nitrogens with zero attached hydrogens (tertiary/aromatic N) is 3. The molecule has 5 nitrogen and oxygen atoms in total. The molecule has 0 bridgehead atoms. The van der Waals surface area contributed by atoms with Crippen molar-refractivity contribution in [2.75, 3.05) is 11.1 Å². The number of fused-ring (bicyclic) bond motifs is 1. The number of aromatic nitrogens is 3. The maximum absolute atomic E-state index is 5.69. The van der Waals surface area contributed by atoms with Crippen LogP contribution in [0.3, 0.4) is 0 Å². The Morgan fingerprint density at radius 3 is 2.55 bits per heavy atom. The number of pyridine rings is 1. The number of hydrogen-bond donors (Lipinski definition) is 2. The third-order valence-corrected chi connectivity index (χ3v) is 3.13. The highest BCUT2D eigenvalue weighted by Gasteiger charge is 2.07. The summed E-state index contributed by atoms with van der Waals surface area (Å²) in [6.45, 7) is 2.08. The lowest BCUT2D eigenvalue weighted by molar-refractivity contribution is 0.876. The van der Waals surface area contributed by atoms with Gasteiger partial charge in [0.15, 0.2) is 5.65 Å². The molecule has 20 heavy (non-hydrogen) atoms. The third-order valence-electron chi connectivity index (χ3n) is 3.13. The molecule has 0 amide bonds. The Balaban J connectivity index is 1.83. The van der Waals surface area contributed by atoms with E-state index in [1.165, 1.54) is 0 Å². The van der Waals surface area contributed by atoms with E-state index >= 15 is 0 Å². The smallest absolute Gasteiger partial charge is 0.180 e. The van der Waals surface area contributed by atoms with Gasteiger partial charge in [-0.05, 0) is 36.8 Å². The van der Waals surface area contributed by atoms with Crippen LogP contribution in [0.2, 0.25) is 0 Å². The molecule has 0 spiro atoms. The molecular formula is C15H15N5. The van der Waals surface area contributed by atoms with Crippen molar-refractivity contribution in [3.05, 3.63) is 54.4 Å². The van der Waals surface area contributed by atoms with Crippen molar-refractivity contribution in [3.8, 4) is 0 Å². The fourth-order valence-corrected chi connectivity index (χ4v) is 2.02. The fourth-order valence-electron chi connectivity index (χ4n) is 2.02. The van der Waals surface area contributed by atoms with Crippen molar-refractivity contribution < 1.29 is 0 Å². The van der Waals surface area contributed by atoms with Gasteiger partial charge in [-0.25, -0.2) is 9.97 Å². The van der Waals surface area contributed by atoms with Gasteiger partial charge in [-0.15, -0.1) is 0 Å². The van der Waals surface area contributed by atoms with Crippen molar-refractivity contribution in [2.45, 2.75) is 13.0 Å². The zero-order chi connectivity index (χ0) is 13.9. The average molecular weight is 265 g/mol. The monoisotopic (exact) mass is 265 g/mol. The Morgan fingerprint density at radius 1 is 1.00 bits per heavy atom. The minimum absolute atomic E-state index is 0.136. The maximum atomic E-state index is 5.69. The summed E-state index contributed by atoms with van der Waals surface area (Å²) in [5, 5.41) is 3.35. The van der Waals surface area contributed by atoms with E-state index in [0.717, 1.165) is 22.6 Å². The molecule has 1 atom stereocenters. The molecule has 0 saturated heterocycles. The Labute approximate surface area is 116 Å². The Hall–Kier alpha value is -2.69. The standard InChI is InChI=1S/C15H15N5/c1-10(11-2-4-12(16)5-3-11)19-14-7-6-13-15(20-14)18-9-8-17-13/h2-10H,16H2,1H3,(H,18,19,20). The van der Waals surface area contributed by atoms with Crippen molar-refractivity contribution in [1.29, 1.82) is 0 Å². The SMILES string of the molecule is CC(Nc1ccc2nccnc2n1)c1ccc(N)cc1. The van der Waals surface area contributed by atoms with Crippen LogP contribution in [0.5, 0.6) is 0 Å². The number of anilines is 2. The second-order valence-corrected chi connectivity index (χ2v) is 4.63. The predicted molar refractivity (Wildman–Crippen MR) is 80.2 cm³/mol. The molecule has 3 rings (SSSR count). The van der Waals surface area contributed by atoms with Gasteiger partial charge in [0, 0.05) is 24.1 Å². The van der Waals surface area contributed by atoms with E-state index in [1.54, 1.807) is 12.4 Å². The Bertz CT molecular complexity index is 724. The first-order chi connectivity index (χ1) is 9.72. The van der Waals surface area contributed by atoms with Gasteiger partial charge in [-0.2, -0.15) is 0 Å². The van der Waals surface area contributed by atoms with Gasteiger partial charge in [0.25, 0.3) is 0 Å². The zero-order valence-electron chi connectivity index (χ0n) is 11.1. The van der Waals surface area contributed by atoms with E-state index in [9.17, 15) is 0 Å². The lowest BCUT2D eigenvalue weighted by atomic mass is 10.1. The van der Waals surface area contributed by atoms with E-state index in [1.807, 2.05) is 36.4 Å². The molecule has 1 aromatic carbocycles. The molecule has 3 aromatic rings. The summed E-state index contributed by atoms with van der Waals surface area (Å²) < 4.78 is 0. The van der Waals surface area contributed by atoms with Gasteiger partial charge in [0.05, 0.1) is 0 Å². The zero-order valence-corrected chi connectivity index (χ0v) is 11.1. The summed E-state index contributed by atoms with van der Waals surface area (Å²) in [7, 11) is 0. The normalized spacial score (nSPS) is 12.2. The molecule has 0 saturated carbocycles. The summed E-state index contributed by atoms with van der Waals surface area (Å²) in [4.78, 5) is 12.9. The molecule has 0 aliphatic rings. The first-order valence-corrected chi connectivity index (χ1v) is 6.42. The highest BCUT2D eigenvalue weighted by molar-refractivity contribution is 5.71. The summed E-state index contributed by atoms with van der Waals surface area (Å²) in [6, 6.07) is 11.8. The Morgan fingerprint density at radius 2 is 1.75 bits per heavy atom. The van der Waals surface area contributed by atoms with E-state index < -0.39 is 0 Å². The van der Waals surface area contributed by atoms with E-state index in [-0.39, 0.29) is 6.04 Å². The largest absolute Gasteiger partial charge is 0.399 e. The van der Waals surface area contributed by atoms with Crippen molar-refractivity contribution >= 4 is 22.7 Å². The summed E-state index contributed by atoms with van der Waals surface area (Å²) in [5.74, 6) is 0.780. The highest BCUT2D eigenvalue weighted by Crippen LogP contribution is 2.20. The first kappa shape index (κ1) is 12.3. The van der Waals surface area contributed by atoms with Gasteiger partial charge in [0.2, 0.25) is 0 Å². The minimum Gasteiger partial charge on any atom is -0.399 e. The van der Waals surface area contributed by atoms with Gasteiger partial charge in [-0.1, -0.05) is 12.1 Å². The van der Waals surface area contributed by atoms with Crippen LogP contribution in [0, 0.1) is 0 Å². The third kappa shape index (κ3) is 2.51. The van der Waals surface area contributed by atoms with Crippen LogP contribution >= 0.6 is 0 Å². The molecule has 0 aliphatic carbocycles. The van der Waals surface area contributed by atoms with Crippen LogP contribution in [0.4, 0.5) is 11.5 Å². The number of nitrogen functional groups attached to an aromatic ring is 1. The van der Waals surface area contributed by atoms with Gasteiger partial charge < -0.3 is 11.1 Å². The van der Waals surface area contributed by atoms with Gasteiger partial charge in [-0.3, -0.25) is 4.98 Å². The molecule has 100 valence electrons. The van der Waals surface area contributed by atoms with Crippen molar-refractivity contribution in [2.24, 2.45) is 0 Å². The molecule has 3 N–H and O–H groups in total. The lowest BCUT2D eigenvalue weighted by Gasteiger charge is -2.15.